The van der Waals surface area contributed by atoms with Gasteiger partial charge in [0.15, 0.2) is 5.13 Å². The fraction of sp³-hybridized carbons (Fsp3) is 0.158. The van der Waals surface area contributed by atoms with Gasteiger partial charge in [-0.3, -0.25) is 10.1 Å². The maximum absolute atomic E-state index is 12.5. The van der Waals surface area contributed by atoms with Crippen molar-refractivity contribution in [1.82, 2.24) is 4.98 Å². The standard InChI is InChI=1S/C19H17ClN2O2S/c1-11-4-5-12(2)14(8-11)16-10-25-19(21-16)22-18(23)15-9-13(20)6-7-17(15)24-3/h4-10H,1-3H3,(H,21,22,23). The molecule has 0 aliphatic rings. The molecule has 1 N–H and O–H groups in total. The second-order valence-corrected chi connectivity index (χ2v) is 6.95. The topological polar surface area (TPSA) is 51.2 Å². The molecular weight excluding hydrogens is 356 g/mol. The maximum atomic E-state index is 12.5. The van der Waals surface area contributed by atoms with E-state index in [9.17, 15) is 4.79 Å². The molecule has 0 radical (unpaired) electrons. The number of carbonyl (C=O) groups excluding carboxylic acids is 1. The number of aryl methyl sites for hydroxylation is 2. The van der Waals surface area contributed by atoms with Crippen molar-refractivity contribution in [2.75, 3.05) is 12.4 Å². The summed E-state index contributed by atoms with van der Waals surface area (Å²) in [5, 5.41) is 5.76. The average Bonchev–Trinajstić information content (AvgIpc) is 3.05. The van der Waals surface area contributed by atoms with Gasteiger partial charge in [-0.25, -0.2) is 4.98 Å². The molecule has 128 valence electrons. The molecule has 4 nitrogen and oxygen atoms in total. The zero-order chi connectivity index (χ0) is 18.0. The highest BCUT2D eigenvalue weighted by atomic mass is 35.5. The van der Waals surface area contributed by atoms with E-state index in [-0.39, 0.29) is 5.91 Å². The highest BCUT2D eigenvalue weighted by Gasteiger charge is 2.15. The number of benzene rings is 2. The molecular formula is C19H17ClN2O2S. The summed E-state index contributed by atoms with van der Waals surface area (Å²) in [5.41, 5.74) is 4.60. The molecule has 1 aromatic heterocycles. The Hall–Kier alpha value is -2.37. The second-order valence-electron chi connectivity index (χ2n) is 5.66. The van der Waals surface area contributed by atoms with Crippen LogP contribution in [-0.4, -0.2) is 18.0 Å². The van der Waals surface area contributed by atoms with Crippen LogP contribution in [0, 0.1) is 13.8 Å². The van der Waals surface area contributed by atoms with Gasteiger partial charge in [0.1, 0.15) is 5.75 Å². The lowest BCUT2D eigenvalue weighted by atomic mass is 10.0. The molecule has 0 bridgehead atoms. The third-order valence-corrected chi connectivity index (χ3v) is 4.79. The lowest BCUT2D eigenvalue weighted by Gasteiger charge is -2.08. The number of hydrogen-bond acceptors (Lipinski definition) is 4. The van der Waals surface area contributed by atoms with E-state index in [0.29, 0.717) is 21.5 Å². The first-order valence-electron chi connectivity index (χ1n) is 7.66. The molecule has 0 spiro atoms. The van der Waals surface area contributed by atoms with Crippen LogP contribution in [-0.2, 0) is 0 Å². The van der Waals surface area contributed by atoms with Crippen LogP contribution in [0.25, 0.3) is 11.3 Å². The van der Waals surface area contributed by atoms with E-state index in [4.69, 9.17) is 16.3 Å². The summed E-state index contributed by atoms with van der Waals surface area (Å²) in [4.78, 5) is 17.1. The first kappa shape index (κ1) is 17.5. The Bertz CT molecular complexity index is 937. The molecule has 0 saturated heterocycles. The van der Waals surface area contributed by atoms with Crippen LogP contribution in [0.15, 0.2) is 41.8 Å². The van der Waals surface area contributed by atoms with Crippen molar-refractivity contribution in [3.8, 4) is 17.0 Å². The summed E-state index contributed by atoms with van der Waals surface area (Å²) < 4.78 is 5.23. The monoisotopic (exact) mass is 372 g/mol. The SMILES string of the molecule is COc1ccc(Cl)cc1C(=O)Nc1nc(-c2cc(C)ccc2C)cs1. The Morgan fingerprint density at radius 3 is 2.76 bits per heavy atom. The first-order chi connectivity index (χ1) is 12.0. The summed E-state index contributed by atoms with van der Waals surface area (Å²) in [6.45, 7) is 4.09. The van der Waals surface area contributed by atoms with Crippen molar-refractivity contribution >= 4 is 34.0 Å². The summed E-state index contributed by atoms with van der Waals surface area (Å²) in [6.07, 6.45) is 0. The predicted octanol–water partition coefficient (Wildman–Crippen LogP) is 5.34. The van der Waals surface area contributed by atoms with Gasteiger partial charge in [0.05, 0.1) is 18.4 Å². The van der Waals surface area contributed by atoms with Gasteiger partial charge >= 0.3 is 0 Å². The molecule has 3 rings (SSSR count). The minimum Gasteiger partial charge on any atom is -0.496 e. The molecule has 25 heavy (non-hydrogen) atoms. The molecule has 6 heteroatoms. The first-order valence-corrected chi connectivity index (χ1v) is 8.91. The zero-order valence-corrected chi connectivity index (χ0v) is 15.7. The zero-order valence-electron chi connectivity index (χ0n) is 14.1. The van der Waals surface area contributed by atoms with Gasteiger partial charge in [0, 0.05) is 16.0 Å². The minimum absolute atomic E-state index is 0.304. The van der Waals surface area contributed by atoms with Gasteiger partial charge in [0.2, 0.25) is 0 Å². The normalized spacial score (nSPS) is 10.6. The summed E-state index contributed by atoms with van der Waals surface area (Å²) in [6, 6.07) is 11.2. The number of aromatic nitrogens is 1. The number of ether oxygens (including phenoxy) is 1. The number of halogens is 1. The number of rotatable bonds is 4. The van der Waals surface area contributed by atoms with Gasteiger partial charge < -0.3 is 4.74 Å². The van der Waals surface area contributed by atoms with E-state index in [1.807, 2.05) is 19.2 Å². The number of nitrogens with one attached hydrogen (secondary N) is 1. The predicted molar refractivity (Wildman–Crippen MR) is 103 cm³/mol. The van der Waals surface area contributed by atoms with E-state index >= 15 is 0 Å². The lowest BCUT2D eigenvalue weighted by Crippen LogP contribution is -2.13. The number of hydrogen-bond donors (Lipinski definition) is 1. The minimum atomic E-state index is -0.304. The van der Waals surface area contributed by atoms with Gasteiger partial charge in [-0.05, 0) is 43.7 Å². The van der Waals surface area contributed by atoms with Crippen LogP contribution in [0.2, 0.25) is 5.02 Å². The number of thiazole rings is 1. The Morgan fingerprint density at radius 1 is 1.20 bits per heavy atom. The molecule has 0 fully saturated rings. The van der Waals surface area contributed by atoms with Crippen LogP contribution in [0.5, 0.6) is 5.75 Å². The van der Waals surface area contributed by atoms with Gasteiger partial charge in [-0.15, -0.1) is 11.3 Å². The molecule has 0 unspecified atom stereocenters. The quantitative estimate of drug-likeness (QED) is 0.672. The van der Waals surface area contributed by atoms with Gasteiger partial charge in [-0.2, -0.15) is 0 Å². The number of anilines is 1. The van der Waals surface area contributed by atoms with Gasteiger partial charge in [-0.1, -0.05) is 29.3 Å². The van der Waals surface area contributed by atoms with Crippen molar-refractivity contribution in [3.63, 3.8) is 0 Å². The van der Waals surface area contributed by atoms with Crippen LogP contribution < -0.4 is 10.1 Å². The van der Waals surface area contributed by atoms with Crippen molar-refractivity contribution in [2.45, 2.75) is 13.8 Å². The second kappa shape index (κ2) is 7.25. The van der Waals surface area contributed by atoms with E-state index in [1.54, 1.807) is 18.2 Å². The van der Waals surface area contributed by atoms with E-state index in [1.165, 1.54) is 24.0 Å². The van der Waals surface area contributed by atoms with Crippen LogP contribution in [0.4, 0.5) is 5.13 Å². The fourth-order valence-corrected chi connectivity index (χ4v) is 3.37. The van der Waals surface area contributed by atoms with E-state index < -0.39 is 0 Å². The number of nitrogens with zero attached hydrogens (tertiary/aromatic N) is 1. The van der Waals surface area contributed by atoms with Crippen LogP contribution in [0.1, 0.15) is 21.5 Å². The van der Waals surface area contributed by atoms with E-state index in [2.05, 4.69) is 28.5 Å². The Labute approximate surface area is 155 Å². The third-order valence-electron chi connectivity index (χ3n) is 3.80. The molecule has 1 heterocycles. The Morgan fingerprint density at radius 2 is 2.00 bits per heavy atom. The highest BCUT2D eigenvalue weighted by molar-refractivity contribution is 7.14. The van der Waals surface area contributed by atoms with Crippen molar-refractivity contribution in [3.05, 3.63) is 63.5 Å². The molecule has 0 atom stereocenters. The van der Waals surface area contributed by atoms with Crippen molar-refractivity contribution in [1.29, 1.82) is 0 Å². The summed E-state index contributed by atoms with van der Waals surface area (Å²) in [5.74, 6) is 0.162. The third kappa shape index (κ3) is 3.83. The highest BCUT2D eigenvalue weighted by Crippen LogP contribution is 2.29. The molecule has 0 aliphatic carbocycles. The van der Waals surface area contributed by atoms with Crippen molar-refractivity contribution in [2.24, 2.45) is 0 Å². The smallest absolute Gasteiger partial charge is 0.261 e. The molecule has 0 saturated carbocycles. The lowest BCUT2D eigenvalue weighted by molar-refractivity contribution is 0.102. The Kier molecular flexibility index (Phi) is 5.06. The average molecular weight is 373 g/mol. The maximum Gasteiger partial charge on any atom is 0.261 e. The fourth-order valence-electron chi connectivity index (χ4n) is 2.49. The summed E-state index contributed by atoms with van der Waals surface area (Å²) in [7, 11) is 1.52. The number of amides is 1. The molecule has 0 aliphatic heterocycles. The largest absolute Gasteiger partial charge is 0.496 e. The van der Waals surface area contributed by atoms with E-state index in [0.717, 1.165) is 16.8 Å². The van der Waals surface area contributed by atoms with Crippen LogP contribution in [0.3, 0.4) is 0 Å². The van der Waals surface area contributed by atoms with Crippen molar-refractivity contribution < 1.29 is 9.53 Å². The number of carbonyl (C=O) groups is 1. The van der Waals surface area contributed by atoms with Gasteiger partial charge in [0.25, 0.3) is 5.91 Å². The van der Waals surface area contributed by atoms with Crippen LogP contribution >= 0.6 is 22.9 Å². The number of methoxy groups -OCH3 is 1. The molecule has 3 aromatic rings. The molecule has 2 aromatic carbocycles. The molecule has 1 amide bonds. The summed E-state index contributed by atoms with van der Waals surface area (Å²) >= 11 is 7.37. The Balaban J connectivity index is 1.85.